The summed E-state index contributed by atoms with van der Waals surface area (Å²) in [5.74, 6) is -1.80. The number of azide groups is 4. The first kappa shape index (κ1) is 40.5. The fourth-order valence-corrected chi connectivity index (χ4v) is 6.38. The molecule has 2 aromatic carbocycles. The summed E-state index contributed by atoms with van der Waals surface area (Å²) in [6.45, 7) is -1.35. The van der Waals surface area contributed by atoms with Crippen LogP contribution in [0.25, 0.3) is 41.8 Å². The average Bonchev–Trinajstić information content (AvgIpc) is 3.51. The Kier molecular flexibility index (Phi) is 14.0. The molecule has 0 amide bonds. The largest absolute Gasteiger partial charge is 0.452 e. The SMILES string of the molecule is [N-]=[N+]=NC[C@H]1O[C@@H](O[C@@H]2C(N=[N+]=[N-])[C@@H](O[C@@H]3C(N=[N+]=[N-])C[C@@H](N=[N+]=[N-])C(O)[C@H]3O)OC(CO)[C@H]2O)C(OC(=O)c2ccccc2)[C@@H]1OC(=O)c1ccccc1. The molecule has 2 heterocycles. The lowest BCUT2D eigenvalue weighted by atomic mass is 9.84. The number of carbonyl (C=O) groups excluding carboxylic acids is 2. The van der Waals surface area contributed by atoms with E-state index in [4.69, 9.17) is 39.5 Å². The number of esters is 2. The summed E-state index contributed by atoms with van der Waals surface area (Å²) in [6, 6.07) is 11.2. The molecular weight excluding hydrogens is 732 g/mol. The lowest BCUT2D eigenvalue weighted by Gasteiger charge is -2.46. The van der Waals surface area contributed by atoms with Crippen LogP contribution in [0.4, 0.5) is 0 Å². The molecule has 2 saturated heterocycles. The van der Waals surface area contributed by atoms with Crippen molar-refractivity contribution in [1.29, 1.82) is 0 Å². The normalized spacial score (nSPS) is 34.0. The highest BCUT2D eigenvalue weighted by Crippen LogP contribution is 2.37. The van der Waals surface area contributed by atoms with Crippen LogP contribution >= 0.6 is 0 Å². The van der Waals surface area contributed by atoms with Crippen molar-refractivity contribution < 1.29 is 58.4 Å². The molecule has 0 bridgehead atoms. The van der Waals surface area contributed by atoms with Crippen LogP contribution in [0.15, 0.2) is 81.1 Å². The fourth-order valence-electron chi connectivity index (χ4n) is 6.38. The summed E-state index contributed by atoms with van der Waals surface area (Å²) in [5.41, 5.74) is 37.0. The quantitative estimate of drug-likeness (QED) is 0.0932. The highest BCUT2D eigenvalue weighted by Gasteiger charge is 2.56. The van der Waals surface area contributed by atoms with Gasteiger partial charge in [0.15, 0.2) is 24.8 Å². The Bertz CT molecular complexity index is 1840. The van der Waals surface area contributed by atoms with Crippen molar-refractivity contribution >= 4 is 11.9 Å². The van der Waals surface area contributed by atoms with Gasteiger partial charge in [-0.25, -0.2) is 9.59 Å². The zero-order valence-corrected chi connectivity index (χ0v) is 28.4. The van der Waals surface area contributed by atoms with Gasteiger partial charge in [-0.1, -0.05) is 56.9 Å². The molecule has 2 aliphatic heterocycles. The Morgan fingerprint density at radius 2 is 1.20 bits per heavy atom. The van der Waals surface area contributed by atoms with Gasteiger partial charge in [-0.3, -0.25) is 0 Å². The molecule has 3 aliphatic rings. The van der Waals surface area contributed by atoms with Crippen LogP contribution in [-0.4, -0.2) is 131 Å². The van der Waals surface area contributed by atoms with Gasteiger partial charge in [0.2, 0.25) is 0 Å². The zero-order valence-electron chi connectivity index (χ0n) is 28.4. The predicted octanol–water partition coefficient (Wildman–Crippen LogP) is 2.48. The molecule has 2 aromatic rings. The smallest absolute Gasteiger partial charge is 0.338 e. The Balaban J connectivity index is 1.50. The van der Waals surface area contributed by atoms with Crippen molar-refractivity contribution in [2.24, 2.45) is 20.5 Å². The summed E-state index contributed by atoms with van der Waals surface area (Å²) in [7, 11) is 0. The molecule has 24 heteroatoms. The van der Waals surface area contributed by atoms with E-state index in [0.29, 0.717) is 0 Å². The summed E-state index contributed by atoms with van der Waals surface area (Å²) >= 11 is 0. The minimum atomic E-state index is -1.87. The van der Waals surface area contributed by atoms with Gasteiger partial charge in [-0.05, 0) is 52.8 Å². The maximum absolute atomic E-state index is 13.4. The lowest BCUT2D eigenvalue weighted by molar-refractivity contribution is -0.316. The summed E-state index contributed by atoms with van der Waals surface area (Å²) < 4.78 is 35.4. The number of carbonyl (C=O) groups is 2. The number of aliphatic hydroxyl groups is 4. The maximum atomic E-state index is 13.4. The number of aliphatic hydroxyl groups excluding tert-OH is 4. The van der Waals surface area contributed by atoms with Gasteiger partial charge in [0, 0.05) is 19.6 Å². The van der Waals surface area contributed by atoms with Crippen molar-refractivity contribution in [3.63, 3.8) is 0 Å². The molecule has 3 fully saturated rings. The molecular formula is C31H34N12O12. The van der Waals surface area contributed by atoms with Gasteiger partial charge in [-0.2, -0.15) is 0 Å². The molecule has 0 aromatic heterocycles. The van der Waals surface area contributed by atoms with Gasteiger partial charge in [0.25, 0.3) is 0 Å². The second-order valence-electron chi connectivity index (χ2n) is 12.3. The first-order valence-corrected chi connectivity index (χ1v) is 16.6. The Morgan fingerprint density at radius 1 is 0.655 bits per heavy atom. The van der Waals surface area contributed by atoms with Crippen molar-refractivity contribution in [2.45, 2.75) is 92.1 Å². The third kappa shape index (κ3) is 9.34. The number of ether oxygens (including phenoxy) is 6. The van der Waals surface area contributed by atoms with E-state index in [1.807, 2.05) is 0 Å². The summed E-state index contributed by atoms with van der Waals surface area (Å²) in [6.07, 6.45) is -18.6. The third-order valence-electron chi connectivity index (χ3n) is 9.03. The van der Waals surface area contributed by atoms with Crippen LogP contribution in [0.5, 0.6) is 0 Å². The van der Waals surface area contributed by atoms with Crippen molar-refractivity contribution in [1.82, 2.24) is 0 Å². The van der Waals surface area contributed by atoms with E-state index in [2.05, 4.69) is 40.1 Å². The van der Waals surface area contributed by atoms with E-state index in [1.165, 1.54) is 24.3 Å². The van der Waals surface area contributed by atoms with Gasteiger partial charge >= 0.3 is 11.9 Å². The molecule has 5 rings (SSSR count). The molecule has 5 unspecified atom stereocenters. The van der Waals surface area contributed by atoms with Crippen LogP contribution in [0.2, 0.25) is 0 Å². The van der Waals surface area contributed by atoms with Crippen LogP contribution in [0, 0.1) is 0 Å². The van der Waals surface area contributed by atoms with Crippen LogP contribution in [0.3, 0.4) is 0 Å². The number of rotatable bonds is 14. The molecule has 24 nitrogen and oxygen atoms in total. The van der Waals surface area contributed by atoms with E-state index in [0.717, 1.165) is 0 Å². The number of nitrogens with zero attached hydrogens (tertiary/aromatic N) is 12. The second-order valence-corrected chi connectivity index (χ2v) is 12.3. The van der Waals surface area contributed by atoms with E-state index in [9.17, 15) is 41.1 Å². The molecule has 1 saturated carbocycles. The molecule has 0 spiro atoms. The molecule has 4 N–H and O–H groups in total. The number of hydrogen-bond acceptors (Lipinski definition) is 16. The van der Waals surface area contributed by atoms with Crippen LogP contribution in [-0.2, 0) is 28.4 Å². The van der Waals surface area contributed by atoms with Gasteiger partial charge < -0.3 is 48.8 Å². The first-order chi connectivity index (χ1) is 26.6. The predicted molar refractivity (Wildman–Crippen MR) is 181 cm³/mol. The minimum Gasteiger partial charge on any atom is -0.452 e. The summed E-state index contributed by atoms with van der Waals surface area (Å²) in [4.78, 5) is 37.6. The fraction of sp³-hybridized carbons (Fsp3) is 0.548. The molecule has 1 aliphatic carbocycles. The Labute approximate surface area is 309 Å². The van der Waals surface area contributed by atoms with Gasteiger partial charge in [0.1, 0.15) is 36.6 Å². The van der Waals surface area contributed by atoms with Crippen LogP contribution in [0.1, 0.15) is 27.1 Å². The van der Waals surface area contributed by atoms with E-state index >= 15 is 0 Å². The first-order valence-electron chi connectivity index (χ1n) is 16.6. The third-order valence-corrected chi connectivity index (χ3v) is 9.03. The second kappa shape index (κ2) is 19.1. The van der Waals surface area contributed by atoms with Gasteiger partial charge in [-0.15, -0.1) is 0 Å². The van der Waals surface area contributed by atoms with E-state index in [-0.39, 0.29) is 17.5 Å². The highest BCUT2D eigenvalue weighted by atomic mass is 16.8. The Hall–Kier alpha value is -5.70. The molecule has 0 radical (unpaired) electrons. The van der Waals surface area contributed by atoms with Crippen molar-refractivity contribution in [3.05, 3.63) is 114 Å². The van der Waals surface area contributed by atoms with E-state index in [1.54, 1.807) is 36.4 Å². The number of benzene rings is 2. The van der Waals surface area contributed by atoms with Gasteiger partial charge in [0.05, 0.1) is 48.6 Å². The monoisotopic (exact) mass is 766 g/mol. The Morgan fingerprint density at radius 3 is 1.76 bits per heavy atom. The van der Waals surface area contributed by atoms with Crippen molar-refractivity contribution in [3.8, 4) is 0 Å². The maximum Gasteiger partial charge on any atom is 0.338 e. The molecule has 55 heavy (non-hydrogen) atoms. The standard InChI is InChI=1S/C31H34N12O12/c32-40-36-12-18-25(52-28(48)14-7-3-1-4-8-14)27(53-29(49)15-9-5-2-6-10-15)31(50-18)55-26-20(39-43-35)30(51-19(13-44)22(26)46)54-24-17(38-42-34)11-16(37-41-33)21(45)23(24)47/h1-10,16-27,30-31,44-47H,11-13H2/t16-,17?,18-,19?,20?,21?,22-,23-,24-,25-,26-,27?,30-,31+/m1/s1. The highest BCUT2D eigenvalue weighted by molar-refractivity contribution is 5.90. The van der Waals surface area contributed by atoms with Crippen LogP contribution < -0.4 is 0 Å². The number of hydrogen-bond donors (Lipinski definition) is 4. The lowest BCUT2D eigenvalue weighted by Crippen LogP contribution is -2.63. The van der Waals surface area contributed by atoms with E-state index < -0.39 is 111 Å². The van der Waals surface area contributed by atoms with Crippen molar-refractivity contribution in [2.75, 3.05) is 13.2 Å². The average molecular weight is 767 g/mol. The minimum absolute atomic E-state index is 0.0743. The molecule has 290 valence electrons. The zero-order chi connectivity index (χ0) is 39.5. The topological polar surface area (TPSA) is 365 Å². The summed E-state index contributed by atoms with van der Waals surface area (Å²) in [5, 5.41) is 57.4. The molecule has 14 atom stereocenters.